The van der Waals surface area contributed by atoms with Gasteiger partial charge in [0, 0.05) is 0 Å². The lowest BCUT2D eigenvalue weighted by atomic mass is 9.99. The van der Waals surface area contributed by atoms with Gasteiger partial charge in [0.05, 0.1) is 18.8 Å². The minimum Gasteiger partial charge on any atom is -0.394 e. The van der Waals surface area contributed by atoms with Gasteiger partial charge in [-0.3, -0.25) is 4.79 Å². The van der Waals surface area contributed by atoms with E-state index >= 15 is 0 Å². The Bertz CT molecular complexity index is 660. The van der Waals surface area contributed by atoms with Crippen LogP contribution in [0.5, 0.6) is 0 Å². The molecule has 0 aliphatic carbocycles. The molecule has 0 aromatic heterocycles. The van der Waals surface area contributed by atoms with Gasteiger partial charge in [-0.15, -0.1) is 0 Å². The lowest BCUT2D eigenvalue weighted by Gasteiger charge is -2.27. The van der Waals surface area contributed by atoms with Crippen LogP contribution < -0.4 is 5.32 Å². The van der Waals surface area contributed by atoms with Crippen molar-refractivity contribution in [1.29, 1.82) is 0 Å². The van der Waals surface area contributed by atoms with Crippen molar-refractivity contribution in [2.24, 2.45) is 5.92 Å². The summed E-state index contributed by atoms with van der Waals surface area (Å²) in [5, 5.41) is 43.5. The largest absolute Gasteiger partial charge is 0.394 e. The van der Waals surface area contributed by atoms with Crippen molar-refractivity contribution < 1.29 is 25.2 Å². The average Bonchev–Trinajstić information content (AvgIpc) is 3.07. The number of aliphatic hydroxyl groups is 4. The average molecular weight is 684 g/mol. The van der Waals surface area contributed by atoms with Gasteiger partial charge in [-0.05, 0) is 18.8 Å². The summed E-state index contributed by atoms with van der Waals surface area (Å²) in [5.41, 5.74) is 0. The minimum absolute atomic E-state index is 0.374. The van der Waals surface area contributed by atoms with Crippen LogP contribution in [0.25, 0.3) is 0 Å². The third-order valence-electron chi connectivity index (χ3n) is 10.2. The first-order valence-corrected chi connectivity index (χ1v) is 21.3. The fraction of sp³-hybridized carbons (Fsp3) is 0.976. The molecule has 0 radical (unpaired) electrons. The Morgan fingerprint density at radius 3 is 1.12 bits per heavy atom. The third kappa shape index (κ3) is 31.3. The van der Waals surface area contributed by atoms with Gasteiger partial charge < -0.3 is 25.7 Å². The first-order chi connectivity index (χ1) is 23.3. The van der Waals surface area contributed by atoms with E-state index in [1.165, 1.54) is 154 Å². The molecule has 0 fully saturated rings. The fourth-order valence-electron chi connectivity index (χ4n) is 6.82. The van der Waals surface area contributed by atoms with E-state index in [0.717, 1.165) is 44.4 Å². The molecule has 0 aromatic rings. The molecule has 5 N–H and O–H groups in total. The van der Waals surface area contributed by atoms with Crippen LogP contribution in [0.15, 0.2) is 0 Å². The Hall–Kier alpha value is -0.690. The number of hydrogen-bond donors (Lipinski definition) is 5. The molecule has 0 aromatic carbocycles. The Labute approximate surface area is 299 Å². The summed E-state index contributed by atoms with van der Waals surface area (Å²) < 4.78 is 0. The van der Waals surface area contributed by atoms with Gasteiger partial charge in [0.15, 0.2) is 0 Å². The topological polar surface area (TPSA) is 110 Å². The quantitative estimate of drug-likeness (QED) is 0.0416. The fourth-order valence-corrected chi connectivity index (χ4v) is 6.82. The lowest BCUT2D eigenvalue weighted by molar-refractivity contribution is -0.132. The first-order valence-electron chi connectivity index (χ1n) is 21.3. The smallest absolute Gasteiger partial charge is 0.249 e. The van der Waals surface area contributed by atoms with Gasteiger partial charge >= 0.3 is 0 Å². The van der Waals surface area contributed by atoms with Gasteiger partial charge in [-0.1, -0.05) is 213 Å². The van der Waals surface area contributed by atoms with Crippen LogP contribution in [0, 0.1) is 5.92 Å². The number of carbonyl (C=O) groups is 1. The van der Waals surface area contributed by atoms with Crippen molar-refractivity contribution in [3.8, 4) is 0 Å². The van der Waals surface area contributed by atoms with Gasteiger partial charge in [0.25, 0.3) is 0 Å². The van der Waals surface area contributed by atoms with Crippen LogP contribution in [0.2, 0.25) is 0 Å². The predicted octanol–water partition coefficient (Wildman–Crippen LogP) is 10.7. The maximum absolute atomic E-state index is 12.5. The van der Waals surface area contributed by atoms with Crippen LogP contribution in [0.1, 0.15) is 226 Å². The summed E-state index contributed by atoms with van der Waals surface area (Å²) in [6, 6.07) is -0.979. The number of carbonyl (C=O) groups excluding carboxylic acids is 1. The molecule has 0 saturated heterocycles. The predicted molar refractivity (Wildman–Crippen MR) is 205 cm³/mol. The van der Waals surface area contributed by atoms with E-state index in [9.17, 15) is 25.2 Å². The molecule has 0 spiro atoms. The Balaban J connectivity index is 3.67. The van der Waals surface area contributed by atoms with E-state index in [1.54, 1.807) is 0 Å². The summed E-state index contributed by atoms with van der Waals surface area (Å²) in [6.07, 6.45) is 35.7. The van der Waals surface area contributed by atoms with Gasteiger partial charge in [-0.2, -0.15) is 0 Å². The van der Waals surface area contributed by atoms with E-state index in [4.69, 9.17) is 0 Å². The zero-order chi connectivity index (χ0) is 35.5. The van der Waals surface area contributed by atoms with Crippen LogP contribution in [-0.4, -0.2) is 57.3 Å². The van der Waals surface area contributed by atoms with Crippen molar-refractivity contribution in [3.63, 3.8) is 0 Å². The van der Waals surface area contributed by atoms with E-state index in [0.29, 0.717) is 12.8 Å². The van der Waals surface area contributed by atoms with Gasteiger partial charge in [0.1, 0.15) is 12.2 Å². The summed E-state index contributed by atoms with van der Waals surface area (Å²) in [5.74, 6) is 0.209. The molecule has 0 heterocycles. The highest BCUT2D eigenvalue weighted by Crippen LogP contribution is 2.17. The van der Waals surface area contributed by atoms with Crippen molar-refractivity contribution >= 4 is 5.91 Å². The normalized spacial score (nSPS) is 14.3. The molecule has 0 rings (SSSR count). The molecule has 0 saturated carbocycles. The second-order valence-corrected chi connectivity index (χ2v) is 15.5. The Morgan fingerprint density at radius 2 is 0.792 bits per heavy atom. The summed E-state index contributed by atoms with van der Waals surface area (Å²) >= 11 is 0. The van der Waals surface area contributed by atoms with Crippen molar-refractivity contribution in [2.75, 3.05) is 6.61 Å². The zero-order valence-electron chi connectivity index (χ0n) is 32.4. The van der Waals surface area contributed by atoms with Crippen molar-refractivity contribution in [1.82, 2.24) is 5.32 Å². The van der Waals surface area contributed by atoms with Crippen LogP contribution >= 0.6 is 0 Å². The number of hydrogen-bond acceptors (Lipinski definition) is 5. The molecule has 6 nitrogen and oxygen atoms in total. The SMILES string of the molecule is CCCCCCCCCCCCCCCCCCCCCCCC(O)C(=O)N[C@@H](CO)[C@H](O)[C@H](O)CCCCCCCCCCC(C)C. The zero-order valence-corrected chi connectivity index (χ0v) is 32.4. The number of rotatable bonds is 38. The molecule has 1 amide bonds. The van der Waals surface area contributed by atoms with E-state index < -0.39 is 36.9 Å². The van der Waals surface area contributed by atoms with Crippen molar-refractivity contribution in [3.05, 3.63) is 0 Å². The molecule has 1 unspecified atom stereocenters. The van der Waals surface area contributed by atoms with E-state index in [-0.39, 0.29) is 0 Å². The minimum atomic E-state index is -1.25. The van der Waals surface area contributed by atoms with Gasteiger partial charge in [-0.25, -0.2) is 0 Å². The van der Waals surface area contributed by atoms with Crippen LogP contribution in [0.4, 0.5) is 0 Å². The second kappa shape index (κ2) is 36.1. The molecule has 6 heteroatoms. The summed E-state index contributed by atoms with van der Waals surface area (Å²) in [7, 11) is 0. The molecule has 48 heavy (non-hydrogen) atoms. The molecule has 288 valence electrons. The monoisotopic (exact) mass is 684 g/mol. The summed E-state index contributed by atoms with van der Waals surface area (Å²) in [4.78, 5) is 12.5. The molecule has 0 bridgehead atoms. The number of unbranched alkanes of at least 4 members (excludes halogenated alkanes) is 27. The molecule has 0 aliphatic heterocycles. The first kappa shape index (κ1) is 47.3. The maximum atomic E-state index is 12.5. The molecular weight excluding hydrogens is 598 g/mol. The van der Waals surface area contributed by atoms with E-state index in [2.05, 4.69) is 26.1 Å². The van der Waals surface area contributed by atoms with E-state index in [1.807, 2.05) is 0 Å². The summed E-state index contributed by atoms with van der Waals surface area (Å²) in [6.45, 7) is 6.35. The highest BCUT2D eigenvalue weighted by molar-refractivity contribution is 5.80. The Kier molecular flexibility index (Phi) is 35.6. The lowest BCUT2D eigenvalue weighted by Crippen LogP contribution is -2.53. The highest BCUT2D eigenvalue weighted by Gasteiger charge is 2.28. The third-order valence-corrected chi connectivity index (χ3v) is 10.2. The molecule has 0 aliphatic rings. The van der Waals surface area contributed by atoms with Gasteiger partial charge in [0.2, 0.25) is 5.91 Å². The number of nitrogens with one attached hydrogen (secondary N) is 1. The van der Waals surface area contributed by atoms with Crippen LogP contribution in [0.3, 0.4) is 0 Å². The maximum Gasteiger partial charge on any atom is 0.249 e. The number of aliphatic hydroxyl groups excluding tert-OH is 4. The highest BCUT2D eigenvalue weighted by atomic mass is 16.3. The Morgan fingerprint density at radius 1 is 0.479 bits per heavy atom. The van der Waals surface area contributed by atoms with Crippen LogP contribution in [-0.2, 0) is 4.79 Å². The second-order valence-electron chi connectivity index (χ2n) is 15.5. The standard InChI is InChI=1S/C42H85NO5/c1-4-5-6-7-8-9-10-11-12-13-14-15-16-17-18-19-20-21-26-29-32-35-40(46)42(48)43-38(36-44)41(47)39(45)34-31-28-25-23-22-24-27-30-33-37(2)3/h37-41,44-47H,4-36H2,1-3H3,(H,43,48)/t38-,39+,40?,41-/m0/s1. The number of amides is 1. The van der Waals surface area contributed by atoms with Crippen molar-refractivity contribution in [2.45, 2.75) is 251 Å². The molecular formula is C42H85NO5. The molecule has 4 atom stereocenters.